The highest BCUT2D eigenvalue weighted by Crippen LogP contribution is 2.24. The number of nitrogens with zero attached hydrogens (tertiary/aromatic N) is 3. The fourth-order valence-corrected chi connectivity index (χ4v) is 4.21. The average Bonchev–Trinajstić information content (AvgIpc) is 3.20. The fraction of sp³-hybridized carbons (Fsp3) is 0.167. The molecule has 0 saturated heterocycles. The molecule has 0 spiro atoms. The number of para-hydroxylation sites is 1. The van der Waals surface area contributed by atoms with Crippen LogP contribution in [0.3, 0.4) is 0 Å². The number of aryl methyl sites for hydroxylation is 1. The third-order valence-corrected chi connectivity index (χ3v) is 5.96. The van der Waals surface area contributed by atoms with E-state index in [-0.39, 0.29) is 0 Å². The first kappa shape index (κ1) is 20.5. The van der Waals surface area contributed by atoms with Crippen molar-refractivity contribution in [3.05, 3.63) is 101 Å². The number of hydrogen-bond donors (Lipinski definition) is 1. The molecular formula is C24H23ClN4S. The van der Waals surface area contributed by atoms with Gasteiger partial charge in [0, 0.05) is 22.2 Å². The predicted octanol–water partition coefficient (Wildman–Crippen LogP) is 6.26. The number of halogens is 1. The van der Waals surface area contributed by atoms with E-state index in [0.29, 0.717) is 6.54 Å². The van der Waals surface area contributed by atoms with Crippen LogP contribution in [0.5, 0.6) is 0 Å². The highest BCUT2D eigenvalue weighted by atomic mass is 35.5. The van der Waals surface area contributed by atoms with E-state index in [1.807, 2.05) is 42.5 Å². The lowest BCUT2D eigenvalue weighted by Crippen LogP contribution is -2.08. The average molecular weight is 435 g/mol. The van der Waals surface area contributed by atoms with E-state index in [1.54, 1.807) is 11.8 Å². The van der Waals surface area contributed by atoms with Crippen LogP contribution in [0.25, 0.3) is 5.69 Å². The summed E-state index contributed by atoms with van der Waals surface area (Å²) in [6, 6.07) is 28.5. The molecule has 0 bridgehead atoms. The second kappa shape index (κ2) is 10.3. The Balaban J connectivity index is 1.45. The summed E-state index contributed by atoms with van der Waals surface area (Å²) in [7, 11) is 0. The molecule has 0 aliphatic carbocycles. The zero-order valence-electron chi connectivity index (χ0n) is 16.5. The largest absolute Gasteiger partial charge is 0.378 e. The molecule has 6 heteroatoms. The van der Waals surface area contributed by atoms with Crippen LogP contribution in [0, 0.1) is 0 Å². The van der Waals surface area contributed by atoms with Gasteiger partial charge >= 0.3 is 0 Å². The molecule has 0 atom stereocenters. The Morgan fingerprint density at radius 3 is 2.27 bits per heavy atom. The van der Waals surface area contributed by atoms with Crippen molar-refractivity contribution in [3.63, 3.8) is 0 Å². The summed E-state index contributed by atoms with van der Waals surface area (Å²) in [6.07, 6.45) is 2.16. The molecule has 1 heterocycles. The van der Waals surface area contributed by atoms with Crippen molar-refractivity contribution in [1.29, 1.82) is 0 Å². The number of nitrogens with one attached hydrogen (secondary N) is 1. The number of anilines is 1. The molecule has 152 valence electrons. The molecule has 0 aliphatic heterocycles. The molecule has 1 aromatic heterocycles. The second-order valence-corrected chi connectivity index (χ2v) is 8.37. The van der Waals surface area contributed by atoms with E-state index in [0.717, 1.165) is 46.0 Å². The number of aromatic nitrogens is 3. The Kier molecular flexibility index (Phi) is 7.06. The van der Waals surface area contributed by atoms with Gasteiger partial charge in [-0.15, -0.1) is 10.2 Å². The molecular weight excluding hydrogens is 412 g/mol. The molecule has 0 saturated carbocycles. The first-order valence-corrected chi connectivity index (χ1v) is 11.3. The van der Waals surface area contributed by atoms with Gasteiger partial charge in [0.25, 0.3) is 0 Å². The lowest BCUT2D eigenvalue weighted by Gasteiger charge is -2.11. The Bertz CT molecular complexity index is 1050. The van der Waals surface area contributed by atoms with Crippen molar-refractivity contribution in [1.82, 2.24) is 14.8 Å². The van der Waals surface area contributed by atoms with Crippen molar-refractivity contribution in [3.8, 4) is 5.69 Å². The summed E-state index contributed by atoms with van der Waals surface area (Å²) in [6.45, 7) is 0.577. The minimum Gasteiger partial charge on any atom is -0.378 e. The van der Waals surface area contributed by atoms with E-state index < -0.39 is 0 Å². The smallest absolute Gasteiger partial charge is 0.195 e. The van der Waals surface area contributed by atoms with Gasteiger partial charge in [0.2, 0.25) is 0 Å². The fourth-order valence-electron chi connectivity index (χ4n) is 3.18. The van der Waals surface area contributed by atoms with Gasteiger partial charge in [0.05, 0.1) is 6.54 Å². The summed E-state index contributed by atoms with van der Waals surface area (Å²) < 4.78 is 2.14. The maximum Gasteiger partial charge on any atom is 0.195 e. The minimum absolute atomic E-state index is 0.577. The third-order valence-electron chi connectivity index (χ3n) is 4.69. The molecule has 4 rings (SSSR count). The lowest BCUT2D eigenvalue weighted by molar-refractivity contribution is 0.837. The monoisotopic (exact) mass is 434 g/mol. The maximum atomic E-state index is 5.98. The Labute approximate surface area is 186 Å². The molecule has 0 fully saturated rings. The van der Waals surface area contributed by atoms with Gasteiger partial charge in [-0.25, -0.2) is 0 Å². The summed E-state index contributed by atoms with van der Waals surface area (Å²) in [5.74, 6) is 1.87. The Morgan fingerprint density at radius 2 is 1.53 bits per heavy atom. The molecule has 0 aliphatic rings. The van der Waals surface area contributed by atoms with Crippen molar-refractivity contribution >= 4 is 29.1 Å². The first-order valence-electron chi connectivity index (χ1n) is 9.95. The van der Waals surface area contributed by atoms with Gasteiger partial charge in [-0.3, -0.25) is 4.57 Å². The van der Waals surface area contributed by atoms with Crippen LogP contribution in [0.1, 0.15) is 17.8 Å². The van der Waals surface area contributed by atoms with Crippen LogP contribution in [0.4, 0.5) is 5.69 Å². The van der Waals surface area contributed by atoms with E-state index >= 15 is 0 Å². The van der Waals surface area contributed by atoms with E-state index in [9.17, 15) is 0 Å². The first-order chi connectivity index (χ1) is 14.8. The van der Waals surface area contributed by atoms with Crippen molar-refractivity contribution < 1.29 is 0 Å². The normalized spacial score (nSPS) is 10.8. The van der Waals surface area contributed by atoms with Gasteiger partial charge < -0.3 is 5.32 Å². The Hall–Kier alpha value is -2.76. The zero-order valence-corrected chi connectivity index (χ0v) is 18.1. The standard InChI is InChI=1S/C24H23ClN4S/c25-20-13-15-21(16-14-20)26-18-23-27-28-24(29(23)22-11-5-2-6-12-22)30-17-7-10-19-8-3-1-4-9-19/h1-6,8-9,11-16,26H,7,10,17-18H2. The SMILES string of the molecule is Clc1ccc(NCc2nnc(SCCCc3ccccc3)n2-c2ccccc2)cc1. The number of hydrogen-bond acceptors (Lipinski definition) is 4. The second-order valence-electron chi connectivity index (χ2n) is 6.87. The van der Waals surface area contributed by atoms with Crippen LogP contribution >= 0.6 is 23.4 Å². The number of rotatable bonds is 9. The molecule has 0 unspecified atom stereocenters. The molecule has 30 heavy (non-hydrogen) atoms. The molecule has 4 aromatic rings. The minimum atomic E-state index is 0.577. The summed E-state index contributed by atoms with van der Waals surface area (Å²) in [5, 5.41) is 14.0. The van der Waals surface area contributed by atoms with Crippen molar-refractivity contribution in [2.75, 3.05) is 11.1 Å². The topological polar surface area (TPSA) is 42.7 Å². The van der Waals surface area contributed by atoms with Gasteiger partial charge in [0.15, 0.2) is 11.0 Å². The van der Waals surface area contributed by atoms with Crippen LogP contribution in [-0.4, -0.2) is 20.5 Å². The molecule has 0 amide bonds. The van der Waals surface area contributed by atoms with Crippen molar-refractivity contribution in [2.45, 2.75) is 24.5 Å². The number of thioether (sulfide) groups is 1. The highest BCUT2D eigenvalue weighted by Gasteiger charge is 2.14. The summed E-state index contributed by atoms with van der Waals surface area (Å²) in [5.41, 5.74) is 3.44. The van der Waals surface area contributed by atoms with Crippen molar-refractivity contribution in [2.24, 2.45) is 0 Å². The predicted molar refractivity (Wildman–Crippen MR) is 126 cm³/mol. The van der Waals surface area contributed by atoms with Crippen LogP contribution in [0.15, 0.2) is 90.1 Å². The maximum absolute atomic E-state index is 5.98. The molecule has 3 aromatic carbocycles. The summed E-state index contributed by atoms with van der Waals surface area (Å²) >= 11 is 7.73. The van der Waals surface area contributed by atoms with E-state index in [4.69, 9.17) is 11.6 Å². The molecule has 0 radical (unpaired) electrons. The molecule has 4 nitrogen and oxygen atoms in total. The number of benzene rings is 3. The van der Waals surface area contributed by atoms with Gasteiger partial charge in [-0.1, -0.05) is 71.9 Å². The molecule has 1 N–H and O–H groups in total. The van der Waals surface area contributed by atoms with Crippen LogP contribution in [0.2, 0.25) is 5.02 Å². The Morgan fingerprint density at radius 1 is 0.833 bits per heavy atom. The third kappa shape index (κ3) is 5.43. The van der Waals surface area contributed by atoms with Gasteiger partial charge in [-0.2, -0.15) is 0 Å². The summed E-state index contributed by atoms with van der Waals surface area (Å²) in [4.78, 5) is 0. The zero-order chi connectivity index (χ0) is 20.6. The van der Waals surface area contributed by atoms with Crippen LogP contribution in [-0.2, 0) is 13.0 Å². The van der Waals surface area contributed by atoms with Gasteiger partial charge in [-0.05, 0) is 54.8 Å². The quantitative estimate of drug-likeness (QED) is 0.249. The van der Waals surface area contributed by atoms with E-state index in [1.165, 1.54) is 5.56 Å². The lowest BCUT2D eigenvalue weighted by atomic mass is 10.1. The van der Waals surface area contributed by atoms with Crippen LogP contribution < -0.4 is 5.32 Å². The van der Waals surface area contributed by atoms with E-state index in [2.05, 4.69) is 62.5 Å². The highest BCUT2D eigenvalue weighted by molar-refractivity contribution is 7.99. The van der Waals surface area contributed by atoms with Gasteiger partial charge in [0.1, 0.15) is 0 Å².